The molecule has 1 heterocycles. The predicted molar refractivity (Wildman–Crippen MR) is 72.9 cm³/mol. The SMILES string of the molecule is O=C(Nc1ccc(C2(C(=O)O)CC2)cc1)c1csnn1. The predicted octanol–water partition coefficient (Wildman–Crippen LogP) is 1.91. The van der Waals surface area contributed by atoms with Gasteiger partial charge in [-0.2, -0.15) is 0 Å². The number of carbonyl (C=O) groups excluding carboxylic acids is 1. The summed E-state index contributed by atoms with van der Waals surface area (Å²) >= 11 is 1.11. The topological polar surface area (TPSA) is 92.2 Å². The average Bonchev–Trinajstić information content (AvgIpc) is 3.07. The molecule has 1 aliphatic rings. The zero-order chi connectivity index (χ0) is 14.2. The van der Waals surface area contributed by atoms with E-state index >= 15 is 0 Å². The van der Waals surface area contributed by atoms with Gasteiger partial charge >= 0.3 is 5.97 Å². The molecule has 3 rings (SSSR count). The minimum absolute atomic E-state index is 0.267. The maximum atomic E-state index is 11.8. The second-order valence-electron chi connectivity index (χ2n) is 4.71. The van der Waals surface area contributed by atoms with Crippen LogP contribution in [0.2, 0.25) is 0 Å². The lowest BCUT2D eigenvalue weighted by Crippen LogP contribution is -2.19. The van der Waals surface area contributed by atoms with Crippen molar-refractivity contribution in [1.29, 1.82) is 0 Å². The Balaban J connectivity index is 1.74. The van der Waals surface area contributed by atoms with Crippen molar-refractivity contribution in [2.45, 2.75) is 18.3 Å². The van der Waals surface area contributed by atoms with Gasteiger partial charge in [-0.15, -0.1) is 5.10 Å². The van der Waals surface area contributed by atoms with Crippen LogP contribution in [0.3, 0.4) is 0 Å². The molecule has 0 saturated heterocycles. The van der Waals surface area contributed by atoms with Crippen LogP contribution in [0.5, 0.6) is 0 Å². The second kappa shape index (κ2) is 4.68. The van der Waals surface area contributed by atoms with Crippen molar-refractivity contribution in [3.8, 4) is 0 Å². The summed E-state index contributed by atoms with van der Waals surface area (Å²) in [7, 11) is 0. The number of nitrogens with one attached hydrogen (secondary N) is 1. The van der Waals surface area contributed by atoms with Gasteiger partial charge in [-0.05, 0) is 42.1 Å². The van der Waals surface area contributed by atoms with E-state index in [1.807, 2.05) is 0 Å². The molecule has 0 unspecified atom stereocenters. The number of nitrogens with zero attached hydrogens (tertiary/aromatic N) is 2. The van der Waals surface area contributed by atoms with E-state index in [1.54, 1.807) is 29.6 Å². The van der Waals surface area contributed by atoms with Crippen molar-refractivity contribution >= 4 is 29.1 Å². The number of rotatable bonds is 4. The second-order valence-corrected chi connectivity index (χ2v) is 5.32. The average molecular weight is 289 g/mol. The van der Waals surface area contributed by atoms with Crippen molar-refractivity contribution in [2.24, 2.45) is 0 Å². The number of hydrogen-bond acceptors (Lipinski definition) is 5. The number of carboxylic acid groups (broad SMARTS) is 1. The van der Waals surface area contributed by atoms with Gasteiger partial charge < -0.3 is 10.4 Å². The van der Waals surface area contributed by atoms with Crippen LogP contribution >= 0.6 is 11.5 Å². The van der Waals surface area contributed by atoms with Gasteiger partial charge in [0.2, 0.25) is 0 Å². The molecule has 7 heteroatoms. The third-order valence-electron chi connectivity index (χ3n) is 3.45. The number of aliphatic carboxylic acids is 1. The van der Waals surface area contributed by atoms with E-state index in [0.717, 1.165) is 17.1 Å². The molecule has 1 aromatic carbocycles. The fourth-order valence-corrected chi connectivity index (χ4v) is 2.52. The quantitative estimate of drug-likeness (QED) is 0.897. The molecule has 0 bridgehead atoms. The van der Waals surface area contributed by atoms with E-state index in [0.29, 0.717) is 18.5 Å². The van der Waals surface area contributed by atoms with Crippen LogP contribution in [-0.2, 0) is 10.2 Å². The molecule has 2 N–H and O–H groups in total. The summed E-state index contributed by atoms with van der Waals surface area (Å²) in [5.74, 6) is -1.12. The Kier molecular flexibility index (Phi) is 2.98. The van der Waals surface area contributed by atoms with E-state index in [4.69, 9.17) is 0 Å². The first kappa shape index (κ1) is 12.7. The van der Waals surface area contributed by atoms with Crippen molar-refractivity contribution < 1.29 is 14.7 Å². The van der Waals surface area contributed by atoms with Crippen LogP contribution in [0, 0.1) is 0 Å². The number of aromatic nitrogens is 2. The van der Waals surface area contributed by atoms with E-state index < -0.39 is 11.4 Å². The number of carboxylic acids is 1. The fraction of sp³-hybridized carbons (Fsp3) is 0.231. The molecule has 1 saturated carbocycles. The summed E-state index contributed by atoms with van der Waals surface area (Å²) in [6.45, 7) is 0. The molecule has 20 heavy (non-hydrogen) atoms. The minimum Gasteiger partial charge on any atom is -0.481 e. The maximum Gasteiger partial charge on any atom is 0.314 e. The van der Waals surface area contributed by atoms with Crippen LogP contribution in [0.4, 0.5) is 5.69 Å². The third-order valence-corrected chi connectivity index (χ3v) is 3.95. The van der Waals surface area contributed by atoms with Crippen molar-refractivity contribution in [3.63, 3.8) is 0 Å². The summed E-state index contributed by atoms with van der Waals surface area (Å²) in [4.78, 5) is 23.0. The van der Waals surface area contributed by atoms with Gasteiger partial charge in [0.25, 0.3) is 5.91 Å². The van der Waals surface area contributed by atoms with E-state index in [9.17, 15) is 14.7 Å². The van der Waals surface area contributed by atoms with Crippen molar-refractivity contribution in [1.82, 2.24) is 9.59 Å². The molecule has 0 radical (unpaired) electrons. The van der Waals surface area contributed by atoms with Crippen LogP contribution < -0.4 is 5.32 Å². The molecule has 0 aliphatic heterocycles. The van der Waals surface area contributed by atoms with Gasteiger partial charge in [0.1, 0.15) is 0 Å². The molecular weight excluding hydrogens is 278 g/mol. The summed E-state index contributed by atoms with van der Waals surface area (Å²) < 4.78 is 3.62. The van der Waals surface area contributed by atoms with Crippen LogP contribution in [0.25, 0.3) is 0 Å². The Labute approximate surface area is 118 Å². The van der Waals surface area contributed by atoms with E-state index in [2.05, 4.69) is 14.9 Å². The zero-order valence-electron chi connectivity index (χ0n) is 10.4. The lowest BCUT2D eigenvalue weighted by atomic mass is 9.96. The number of hydrogen-bond donors (Lipinski definition) is 2. The number of benzene rings is 1. The molecular formula is C13H11N3O3S. The number of carbonyl (C=O) groups is 2. The Morgan fingerprint density at radius 3 is 2.45 bits per heavy atom. The highest BCUT2D eigenvalue weighted by atomic mass is 32.1. The standard InChI is InChI=1S/C13H11N3O3S/c17-11(10-7-20-16-15-10)14-9-3-1-8(2-4-9)13(5-6-13)12(18)19/h1-4,7H,5-6H2,(H,14,17)(H,18,19). The molecule has 1 aliphatic carbocycles. The van der Waals surface area contributed by atoms with Crippen molar-refractivity contribution in [3.05, 3.63) is 40.9 Å². The Bertz CT molecular complexity index is 648. The molecule has 0 spiro atoms. The van der Waals surface area contributed by atoms with E-state index in [1.165, 1.54) is 0 Å². The highest BCUT2D eigenvalue weighted by molar-refractivity contribution is 7.03. The fourth-order valence-electron chi connectivity index (χ4n) is 2.08. The zero-order valence-corrected chi connectivity index (χ0v) is 11.2. The Morgan fingerprint density at radius 2 is 1.95 bits per heavy atom. The summed E-state index contributed by atoms with van der Waals surface area (Å²) in [5.41, 5.74) is 0.927. The van der Waals surface area contributed by atoms with Gasteiger partial charge in [0, 0.05) is 11.1 Å². The van der Waals surface area contributed by atoms with Crippen LogP contribution in [0.1, 0.15) is 28.9 Å². The first-order valence-corrected chi connectivity index (χ1v) is 6.88. The largest absolute Gasteiger partial charge is 0.481 e. The first-order valence-electron chi connectivity index (χ1n) is 6.04. The highest BCUT2D eigenvalue weighted by Crippen LogP contribution is 2.48. The monoisotopic (exact) mass is 289 g/mol. The minimum atomic E-state index is -0.789. The summed E-state index contributed by atoms with van der Waals surface area (Å²) in [5, 5.41) is 17.1. The van der Waals surface area contributed by atoms with Gasteiger partial charge in [-0.25, -0.2) is 0 Å². The summed E-state index contributed by atoms with van der Waals surface area (Å²) in [6.07, 6.45) is 1.33. The van der Waals surface area contributed by atoms with Gasteiger partial charge in [0.15, 0.2) is 5.69 Å². The normalized spacial score (nSPS) is 15.6. The van der Waals surface area contributed by atoms with Crippen molar-refractivity contribution in [2.75, 3.05) is 5.32 Å². The van der Waals surface area contributed by atoms with Crippen LogP contribution in [-0.4, -0.2) is 26.6 Å². The number of amides is 1. The Morgan fingerprint density at radius 1 is 1.25 bits per heavy atom. The molecule has 1 fully saturated rings. The molecule has 102 valence electrons. The maximum absolute atomic E-state index is 11.8. The highest BCUT2D eigenvalue weighted by Gasteiger charge is 2.51. The molecule has 1 amide bonds. The molecule has 1 aromatic heterocycles. The lowest BCUT2D eigenvalue weighted by Gasteiger charge is -2.11. The third kappa shape index (κ3) is 2.16. The number of anilines is 1. The van der Waals surface area contributed by atoms with Crippen LogP contribution in [0.15, 0.2) is 29.6 Å². The molecule has 2 aromatic rings. The first-order chi connectivity index (χ1) is 9.62. The van der Waals surface area contributed by atoms with E-state index in [-0.39, 0.29) is 11.6 Å². The Hall–Kier alpha value is -2.28. The molecule has 0 atom stereocenters. The van der Waals surface area contributed by atoms with Gasteiger partial charge in [0.05, 0.1) is 5.41 Å². The lowest BCUT2D eigenvalue weighted by molar-refractivity contribution is -0.140. The van der Waals surface area contributed by atoms with Gasteiger partial charge in [-0.3, -0.25) is 9.59 Å². The smallest absolute Gasteiger partial charge is 0.314 e. The van der Waals surface area contributed by atoms with Gasteiger partial charge in [-0.1, -0.05) is 16.6 Å². The molecule has 6 nitrogen and oxygen atoms in total. The summed E-state index contributed by atoms with van der Waals surface area (Å²) in [6, 6.07) is 6.90.